The molecule has 1 heterocycles. The highest BCUT2D eigenvalue weighted by atomic mass is 16.5. The van der Waals surface area contributed by atoms with E-state index in [9.17, 15) is 9.59 Å². The quantitative estimate of drug-likeness (QED) is 0.480. The number of hydrazine groups is 1. The van der Waals surface area contributed by atoms with Crippen LogP contribution in [0.25, 0.3) is 0 Å². The maximum Gasteiger partial charge on any atom is 0.238 e. The van der Waals surface area contributed by atoms with Gasteiger partial charge >= 0.3 is 0 Å². The Hall–Kier alpha value is -2.08. The molecule has 114 valence electrons. The number of benzene rings is 1. The molecule has 0 bridgehead atoms. The second-order valence-corrected chi connectivity index (χ2v) is 5.21. The highest BCUT2D eigenvalue weighted by Gasteiger charge is 2.27. The largest absolute Gasteiger partial charge is 0.497 e. The molecular formula is C15H21N3O3. The zero-order chi connectivity index (χ0) is 15.2. The molecule has 1 fully saturated rings. The molecule has 0 radical (unpaired) electrons. The fourth-order valence-corrected chi connectivity index (χ4v) is 2.57. The number of nitrogens with zero attached hydrogens (tertiary/aromatic N) is 1. The molecule has 0 aliphatic carbocycles. The van der Waals surface area contributed by atoms with Gasteiger partial charge in [-0.15, -0.1) is 0 Å². The summed E-state index contributed by atoms with van der Waals surface area (Å²) in [6.45, 7) is 1.14. The van der Waals surface area contributed by atoms with Crippen molar-refractivity contribution in [3.05, 3.63) is 29.8 Å². The third-order valence-electron chi connectivity index (χ3n) is 3.80. The molecule has 1 saturated heterocycles. The molecule has 1 aliphatic heterocycles. The van der Waals surface area contributed by atoms with Crippen molar-refractivity contribution in [1.82, 2.24) is 10.3 Å². The number of hydrogen-bond donors (Lipinski definition) is 2. The SMILES string of the molecule is COc1ccc(CC(=O)N2CCCC(C(=O)NN)C2)cc1. The monoisotopic (exact) mass is 291 g/mol. The van der Waals surface area contributed by atoms with Crippen LogP contribution in [0, 0.1) is 5.92 Å². The van der Waals surface area contributed by atoms with Crippen LogP contribution in [0.4, 0.5) is 0 Å². The van der Waals surface area contributed by atoms with Crippen LogP contribution < -0.4 is 16.0 Å². The van der Waals surface area contributed by atoms with Gasteiger partial charge in [0.1, 0.15) is 5.75 Å². The molecule has 1 atom stereocenters. The Bertz CT molecular complexity index is 501. The van der Waals surface area contributed by atoms with E-state index in [1.54, 1.807) is 12.0 Å². The minimum Gasteiger partial charge on any atom is -0.497 e. The van der Waals surface area contributed by atoms with Crippen LogP contribution >= 0.6 is 0 Å². The number of likely N-dealkylation sites (tertiary alicyclic amines) is 1. The molecule has 0 spiro atoms. The minimum absolute atomic E-state index is 0.0367. The summed E-state index contributed by atoms with van der Waals surface area (Å²) in [6, 6.07) is 7.43. The summed E-state index contributed by atoms with van der Waals surface area (Å²) in [6.07, 6.45) is 1.93. The van der Waals surface area contributed by atoms with Gasteiger partial charge in [0.2, 0.25) is 11.8 Å². The molecule has 1 aromatic rings. The lowest BCUT2D eigenvalue weighted by molar-refractivity contribution is -0.135. The number of piperidine rings is 1. The van der Waals surface area contributed by atoms with Gasteiger partial charge in [-0.3, -0.25) is 15.0 Å². The van der Waals surface area contributed by atoms with Crippen LogP contribution in [0.2, 0.25) is 0 Å². The Kier molecular flexibility index (Phi) is 5.16. The molecule has 1 aliphatic rings. The van der Waals surface area contributed by atoms with Gasteiger partial charge in [0, 0.05) is 13.1 Å². The lowest BCUT2D eigenvalue weighted by Gasteiger charge is -2.31. The smallest absolute Gasteiger partial charge is 0.238 e. The van der Waals surface area contributed by atoms with Crippen molar-refractivity contribution >= 4 is 11.8 Å². The van der Waals surface area contributed by atoms with Gasteiger partial charge in [-0.25, -0.2) is 5.84 Å². The topological polar surface area (TPSA) is 84.7 Å². The third-order valence-corrected chi connectivity index (χ3v) is 3.80. The number of methoxy groups -OCH3 is 1. The number of carbonyl (C=O) groups is 2. The number of hydrogen-bond acceptors (Lipinski definition) is 4. The number of carbonyl (C=O) groups excluding carboxylic acids is 2. The van der Waals surface area contributed by atoms with Crippen molar-refractivity contribution in [3.63, 3.8) is 0 Å². The second-order valence-electron chi connectivity index (χ2n) is 5.21. The van der Waals surface area contributed by atoms with E-state index in [1.165, 1.54) is 0 Å². The summed E-state index contributed by atoms with van der Waals surface area (Å²) in [4.78, 5) is 25.6. The summed E-state index contributed by atoms with van der Waals surface area (Å²) in [5, 5.41) is 0. The van der Waals surface area contributed by atoms with E-state index in [0.717, 1.165) is 24.2 Å². The number of ether oxygens (including phenoxy) is 1. The van der Waals surface area contributed by atoms with E-state index in [4.69, 9.17) is 10.6 Å². The molecule has 0 saturated carbocycles. The van der Waals surface area contributed by atoms with Crippen molar-refractivity contribution in [2.45, 2.75) is 19.3 Å². The average molecular weight is 291 g/mol. The number of nitrogens with two attached hydrogens (primary N) is 1. The Morgan fingerprint density at radius 3 is 2.71 bits per heavy atom. The molecule has 2 rings (SSSR count). The summed E-state index contributed by atoms with van der Waals surface area (Å²) >= 11 is 0. The molecule has 6 heteroatoms. The normalized spacial score (nSPS) is 18.2. The van der Waals surface area contributed by atoms with Gasteiger partial charge in [-0.05, 0) is 30.5 Å². The van der Waals surface area contributed by atoms with Crippen LogP contribution in [0.15, 0.2) is 24.3 Å². The first kappa shape index (κ1) is 15.3. The minimum atomic E-state index is -0.205. The molecule has 3 N–H and O–H groups in total. The van der Waals surface area contributed by atoms with Crippen molar-refractivity contribution in [2.75, 3.05) is 20.2 Å². The standard InChI is InChI=1S/C15H21N3O3/c1-21-13-6-4-11(5-7-13)9-14(19)18-8-2-3-12(10-18)15(20)17-16/h4-7,12H,2-3,8-10,16H2,1H3,(H,17,20). The number of nitrogens with one attached hydrogen (secondary N) is 1. The molecule has 1 unspecified atom stereocenters. The first-order valence-electron chi connectivity index (χ1n) is 7.05. The first-order valence-corrected chi connectivity index (χ1v) is 7.05. The predicted molar refractivity (Wildman–Crippen MR) is 78.3 cm³/mol. The molecule has 2 amide bonds. The fraction of sp³-hybridized carbons (Fsp3) is 0.467. The van der Waals surface area contributed by atoms with E-state index in [2.05, 4.69) is 5.43 Å². The Morgan fingerprint density at radius 1 is 1.38 bits per heavy atom. The highest BCUT2D eigenvalue weighted by molar-refractivity contribution is 5.82. The third kappa shape index (κ3) is 3.95. The summed E-state index contributed by atoms with van der Waals surface area (Å²) < 4.78 is 5.09. The van der Waals surface area contributed by atoms with Crippen LogP contribution in [0.1, 0.15) is 18.4 Å². The molecule has 6 nitrogen and oxygen atoms in total. The summed E-state index contributed by atoms with van der Waals surface area (Å²) in [7, 11) is 1.61. The van der Waals surface area contributed by atoms with Gasteiger partial charge < -0.3 is 9.64 Å². The van der Waals surface area contributed by atoms with Crippen molar-refractivity contribution in [1.29, 1.82) is 0 Å². The zero-order valence-corrected chi connectivity index (χ0v) is 12.2. The van der Waals surface area contributed by atoms with E-state index >= 15 is 0 Å². The van der Waals surface area contributed by atoms with Crippen molar-refractivity contribution < 1.29 is 14.3 Å². The summed E-state index contributed by atoms with van der Waals surface area (Å²) in [5.41, 5.74) is 3.10. The Labute approximate surface area is 124 Å². The second kappa shape index (κ2) is 7.08. The van der Waals surface area contributed by atoms with Crippen LogP contribution in [-0.2, 0) is 16.0 Å². The van der Waals surface area contributed by atoms with E-state index in [-0.39, 0.29) is 17.7 Å². The lowest BCUT2D eigenvalue weighted by atomic mass is 9.97. The lowest BCUT2D eigenvalue weighted by Crippen LogP contribution is -2.47. The van der Waals surface area contributed by atoms with Crippen molar-refractivity contribution in [3.8, 4) is 5.75 Å². The van der Waals surface area contributed by atoms with Gasteiger partial charge in [-0.2, -0.15) is 0 Å². The summed E-state index contributed by atoms with van der Waals surface area (Å²) in [5.74, 6) is 5.56. The maximum atomic E-state index is 12.3. The van der Waals surface area contributed by atoms with Crippen LogP contribution in [-0.4, -0.2) is 36.9 Å². The number of rotatable bonds is 4. The Balaban J connectivity index is 1.94. The van der Waals surface area contributed by atoms with Crippen LogP contribution in [0.3, 0.4) is 0 Å². The molecule has 0 aromatic heterocycles. The molecule has 1 aromatic carbocycles. The van der Waals surface area contributed by atoms with Gasteiger partial charge in [0.05, 0.1) is 19.4 Å². The van der Waals surface area contributed by atoms with Gasteiger partial charge in [0.15, 0.2) is 0 Å². The van der Waals surface area contributed by atoms with Crippen molar-refractivity contribution in [2.24, 2.45) is 11.8 Å². The van der Waals surface area contributed by atoms with Gasteiger partial charge in [0.25, 0.3) is 0 Å². The maximum absolute atomic E-state index is 12.3. The van der Waals surface area contributed by atoms with E-state index < -0.39 is 0 Å². The predicted octanol–water partition coefficient (Wildman–Crippen LogP) is 0.466. The van der Waals surface area contributed by atoms with E-state index in [0.29, 0.717) is 19.5 Å². The van der Waals surface area contributed by atoms with Gasteiger partial charge in [-0.1, -0.05) is 12.1 Å². The molecular weight excluding hydrogens is 270 g/mol. The molecule has 21 heavy (non-hydrogen) atoms. The Morgan fingerprint density at radius 2 is 2.10 bits per heavy atom. The average Bonchev–Trinajstić information content (AvgIpc) is 2.55. The number of amides is 2. The first-order chi connectivity index (χ1) is 10.1. The fourth-order valence-electron chi connectivity index (χ4n) is 2.57. The van der Waals surface area contributed by atoms with Crippen LogP contribution in [0.5, 0.6) is 5.75 Å². The van der Waals surface area contributed by atoms with E-state index in [1.807, 2.05) is 24.3 Å². The zero-order valence-electron chi connectivity index (χ0n) is 12.2. The highest BCUT2D eigenvalue weighted by Crippen LogP contribution is 2.18.